The minimum atomic E-state index is -3.57. The Kier molecular flexibility index (Phi) is 5.94. The Bertz CT molecular complexity index is 645. The van der Waals surface area contributed by atoms with E-state index < -0.39 is 10.0 Å². The van der Waals surface area contributed by atoms with E-state index in [-0.39, 0.29) is 22.4 Å². The number of ether oxygens (including phenoxy) is 1. The lowest BCUT2D eigenvalue weighted by molar-refractivity contribution is 0.0689. The van der Waals surface area contributed by atoms with Gasteiger partial charge in [0.15, 0.2) is 0 Å². The molecule has 1 amide bonds. The number of hydrogen-bond acceptors (Lipinski definition) is 5. The van der Waals surface area contributed by atoms with Crippen LogP contribution in [0.25, 0.3) is 0 Å². The fourth-order valence-electron chi connectivity index (χ4n) is 2.30. The molecule has 0 unspecified atom stereocenters. The number of amides is 1. The van der Waals surface area contributed by atoms with Crippen molar-refractivity contribution in [1.82, 2.24) is 9.62 Å². The molecule has 0 aliphatic carbocycles. The maximum atomic E-state index is 12.4. The van der Waals surface area contributed by atoms with Crippen LogP contribution in [0.2, 0.25) is 4.34 Å². The molecule has 1 N–H and O–H groups in total. The summed E-state index contributed by atoms with van der Waals surface area (Å²) < 4.78 is 33.3. The van der Waals surface area contributed by atoms with E-state index in [0.29, 0.717) is 30.3 Å². The van der Waals surface area contributed by atoms with Gasteiger partial charge < -0.3 is 9.64 Å². The molecule has 0 atom stereocenters. The predicted octanol–water partition coefficient (Wildman–Crippen LogP) is 3.00. The third-order valence-corrected chi connectivity index (χ3v) is 7.06. The van der Waals surface area contributed by atoms with Crippen LogP contribution in [0.15, 0.2) is 10.3 Å². The highest BCUT2D eigenvalue weighted by Crippen LogP contribution is 2.30. The highest BCUT2D eigenvalue weighted by atomic mass is 35.5. The number of rotatable bonds is 4. The van der Waals surface area contributed by atoms with E-state index >= 15 is 0 Å². The Balaban J connectivity index is 1.92. The molecule has 9 heteroatoms. The molecular formula is C14H21ClN2O4S2. The second-order valence-electron chi connectivity index (χ2n) is 5.84. The summed E-state index contributed by atoms with van der Waals surface area (Å²) in [5.74, 6) is 0. The van der Waals surface area contributed by atoms with Crippen LogP contribution in [0.4, 0.5) is 4.79 Å². The molecule has 1 aromatic heterocycles. The van der Waals surface area contributed by atoms with Crippen molar-refractivity contribution >= 4 is 39.1 Å². The third-order valence-electron chi connectivity index (χ3n) is 3.51. The fourth-order valence-corrected chi connectivity index (χ4v) is 5.33. The summed E-state index contributed by atoms with van der Waals surface area (Å²) in [6, 6.07) is 1.38. The van der Waals surface area contributed by atoms with E-state index in [9.17, 15) is 13.2 Å². The average Bonchev–Trinajstić information content (AvgIpc) is 2.79. The molecule has 0 saturated carbocycles. The van der Waals surface area contributed by atoms with Gasteiger partial charge in [0.25, 0.3) is 0 Å². The molecule has 6 nitrogen and oxygen atoms in total. The molecule has 23 heavy (non-hydrogen) atoms. The van der Waals surface area contributed by atoms with Crippen LogP contribution in [0.1, 0.15) is 32.3 Å². The Hall–Kier alpha value is -0.830. The van der Waals surface area contributed by atoms with Crippen molar-refractivity contribution in [3.8, 4) is 0 Å². The number of likely N-dealkylation sites (tertiary alicyclic amines) is 1. The molecule has 0 aromatic carbocycles. The predicted molar refractivity (Wildman–Crippen MR) is 90.6 cm³/mol. The van der Waals surface area contributed by atoms with Crippen molar-refractivity contribution in [2.45, 2.75) is 50.0 Å². The lowest BCUT2D eigenvalue weighted by Gasteiger charge is -2.31. The highest BCUT2D eigenvalue weighted by molar-refractivity contribution is 7.91. The topological polar surface area (TPSA) is 75.7 Å². The van der Waals surface area contributed by atoms with Crippen LogP contribution in [0.5, 0.6) is 0 Å². The van der Waals surface area contributed by atoms with Gasteiger partial charge in [0.05, 0.1) is 10.4 Å². The van der Waals surface area contributed by atoms with Crippen LogP contribution in [-0.2, 0) is 14.8 Å². The Labute approximate surface area is 145 Å². The van der Waals surface area contributed by atoms with Gasteiger partial charge in [-0.3, -0.25) is 0 Å². The van der Waals surface area contributed by atoms with E-state index in [1.165, 1.54) is 0 Å². The number of thiophene rings is 1. The van der Waals surface area contributed by atoms with Crippen molar-refractivity contribution < 1.29 is 17.9 Å². The number of aryl methyl sites for hydroxylation is 1. The summed E-state index contributed by atoms with van der Waals surface area (Å²) in [4.78, 5) is 13.4. The molecule has 1 aromatic rings. The number of piperidine rings is 1. The van der Waals surface area contributed by atoms with Crippen molar-refractivity contribution in [3.63, 3.8) is 0 Å². The average molecular weight is 381 g/mol. The molecule has 130 valence electrons. The Morgan fingerprint density at radius 1 is 1.43 bits per heavy atom. The van der Waals surface area contributed by atoms with Crippen LogP contribution in [0, 0.1) is 6.92 Å². The van der Waals surface area contributed by atoms with Crippen molar-refractivity contribution in [2.75, 3.05) is 13.1 Å². The van der Waals surface area contributed by atoms with Gasteiger partial charge in [-0.25, -0.2) is 17.9 Å². The second kappa shape index (κ2) is 7.38. The SMILES string of the molecule is Cc1cc(S(=O)(=O)NC2CCN(C(=O)OC(C)C)CC2)sc1Cl. The van der Waals surface area contributed by atoms with Gasteiger partial charge in [-0.1, -0.05) is 11.6 Å². The van der Waals surface area contributed by atoms with Crippen molar-refractivity contribution in [1.29, 1.82) is 0 Å². The molecule has 0 bridgehead atoms. The van der Waals surface area contributed by atoms with Crippen LogP contribution < -0.4 is 4.72 Å². The van der Waals surface area contributed by atoms with Crippen LogP contribution >= 0.6 is 22.9 Å². The quantitative estimate of drug-likeness (QED) is 0.871. The van der Waals surface area contributed by atoms with Crippen molar-refractivity contribution in [3.05, 3.63) is 16.0 Å². The van der Waals surface area contributed by atoms with E-state index in [0.717, 1.165) is 16.9 Å². The maximum absolute atomic E-state index is 12.4. The van der Waals surface area contributed by atoms with Gasteiger partial charge in [0, 0.05) is 19.1 Å². The molecule has 1 saturated heterocycles. The van der Waals surface area contributed by atoms with Gasteiger partial charge in [-0.15, -0.1) is 11.3 Å². The second-order valence-corrected chi connectivity index (χ2v) is 9.43. The van der Waals surface area contributed by atoms with Gasteiger partial charge in [0.2, 0.25) is 10.0 Å². The van der Waals surface area contributed by atoms with Gasteiger partial charge in [0.1, 0.15) is 4.21 Å². The minimum absolute atomic E-state index is 0.162. The van der Waals surface area contributed by atoms with E-state index in [1.54, 1.807) is 31.7 Å². The standard InChI is InChI=1S/C14H21ClN2O4S2/c1-9(2)21-14(18)17-6-4-11(5-7-17)16-23(19,20)12-8-10(3)13(15)22-12/h8-9,11,16H,4-7H2,1-3H3. The molecule has 1 aliphatic rings. The summed E-state index contributed by atoms with van der Waals surface area (Å²) in [6.07, 6.45) is 0.613. The lowest BCUT2D eigenvalue weighted by atomic mass is 10.1. The summed E-state index contributed by atoms with van der Waals surface area (Å²) in [7, 11) is -3.57. The molecule has 2 heterocycles. The Morgan fingerprint density at radius 3 is 2.52 bits per heavy atom. The van der Waals surface area contributed by atoms with Crippen molar-refractivity contribution in [2.24, 2.45) is 0 Å². The highest BCUT2D eigenvalue weighted by Gasteiger charge is 2.28. The number of halogens is 1. The first kappa shape index (κ1) is 18.5. The monoisotopic (exact) mass is 380 g/mol. The molecular weight excluding hydrogens is 360 g/mol. The first-order chi connectivity index (χ1) is 10.7. The largest absolute Gasteiger partial charge is 0.447 e. The minimum Gasteiger partial charge on any atom is -0.447 e. The summed E-state index contributed by atoms with van der Waals surface area (Å²) in [6.45, 7) is 6.32. The zero-order valence-corrected chi connectivity index (χ0v) is 15.7. The van der Waals surface area contributed by atoms with Gasteiger partial charge >= 0.3 is 6.09 Å². The first-order valence-corrected chi connectivity index (χ1v) is 10.1. The molecule has 1 fully saturated rings. The van der Waals surface area contributed by atoms with Gasteiger partial charge in [-0.05, 0) is 45.2 Å². The summed E-state index contributed by atoms with van der Waals surface area (Å²) in [5.41, 5.74) is 0.753. The van der Waals surface area contributed by atoms with E-state index in [4.69, 9.17) is 16.3 Å². The smallest absolute Gasteiger partial charge is 0.410 e. The fraction of sp³-hybridized carbons (Fsp3) is 0.643. The van der Waals surface area contributed by atoms with Gasteiger partial charge in [-0.2, -0.15) is 0 Å². The molecule has 2 rings (SSSR count). The third kappa shape index (κ3) is 4.82. The lowest BCUT2D eigenvalue weighted by Crippen LogP contribution is -2.46. The maximum Gasteiger partial charge on any atom is 0.410 e. The molecule has 0 spiro atoms. The van der Waals surface area contributed by atoms with E-state index in [1.807, 2.05) is 0 Å². The number of hydrogen-bond donors (Lipinski definition) is 1. The number of carbonyl (C=O) groups is 1. The number of nitrogens with one attached hydrogen (secondary N) is 1. The first-order valence-electron chi connectivity index (χ1n) is 7.43. The number of nitrogens with zero attached hydrogens (tertiary/aromatic N) is 1. The zero-order valence-electron chi connectivity index (χ0n) is 13.3. The zero-order chi connectivity index (χ0) is 17.2. The van der Waals surface area contributed by atoms with Crippen LogP contribution in [-0.4, -0.2) is 44.6 Å². The number of sulfonamides is 1. The number of carbonyl (C=O) groups excluding carboxylic acids is 1. The van der Waals surface area contributed by atoms with Crippen LogP contribution in [0.3, 0.4) is 0 Å². The van der Waals surface area contributed by atoms with E-state index in [2.05, 4.69) is 4.72 Å². The summed E-state index contributed by atoms with van der Waals surface area (Å²) in [5, 5.41) is 0. The normalized spacial score (nSPS) is 16.8. The molecule has 1 aliphatic heterocycles. The summed E-state index contributed by atoms with van der Waals surface area (Å²) >= 11 is 6.99. The molecule has 0 radical (unpaired) electrons. The Morgan fingerprint density at radius 2 is 2.04 bits per heavy atom.